The maximum Gasteiger partial charge on any atom is 0.164 e. The molecule has 11 rings (SSSR count). The summed E-state index contributed by atoms with van der Waals surface area (Å²) in [5, 5.41) is 7.12. The van der Waals surface area contributed by atoms with Crippen molar-refractivity contribution in [2.45, 2.75) is 0 Å². The van der Waals surface area contributed by atoms with Gasteiger partial charge in [0.2, 0.25) is 0 Å². The van der Waals surface area contributed by atoms with E-state index in [4.69, 9.17) is 19.4 Å². The summed E-state index contributed by atoms with van der Waals surface area (Å²) in [6.45, 7) is 0. The molecule has 11 aromatic rings. The Morgan fingerprint density at radius 1 is 0.373 bits per heavy atom. The smallest absolute Gasteiger partial charge is 0.164 e. The quantitative estimate of drug-likeness (QED) is 0.185. The SMILES string of the molecule is c1ccc(-c2nc(-c3ccc4c(c3)oc3cc(-c5cccc6c5sc5ccccc56)ccc34)nc(-c3cccc4sc5ccccc5c34)n2)cc1. The van der Waals surface area contributed by atoms with E-state index in [1.54, 1.807) is 11.3 Å². The molecule has 0 amide bonds. The molecular weight excluding hydrogens is 663 g/mol. The fourth-order valence-corrected chi connectivity index (χ4v) is 9.73. The first-order valence-electron chi connectivity index (χ1n) is 16.8. The lowest BCUT2D eigenvalue weighted by Gasteiger charge is -2.09. The Kier molecular flexibility index (Phi) is 6.26. The van der Waals surface area contributed by atoms with Crippen molar-refractivity contribution >= 4 is 85.0 Å². The number of furan rings is 1. The number of fused-ring (bicyclic) bond motifs is 9. The van der Waals surface area contributed by atoms with Gasteiger partial charge in [0, 0.05) is 67.8 Å². The van der Waals surface area contributed by atoms with Crippen molar-refractivity contribution in [1.82, 2.24) is 15.0 Å². The zero-order valence-electron chi connectivity index (χ0n) is 27.0. The lowest BCUT2D eigenvalue weighted by molar-refractivity contribution is 0.669. The molecule has 0 aliphatic heterocycles. The molecule has 0 saturated heterocycles. The zero-order valence-corrected chi connectivity index (χ0v) is 28.6. The molecule has 0 spiro atoms. The Hall–Kier alpha value is -6.21. The third-order valence-electron chi connectivity index (χ3n) is 9.76. The van der Waals surface area contributed by atoms with Crippen molar-refractivity contribution in [3.63, 3.8) is 0 Å². The van der Waals surface area contributed by atoms with Crippen LogP contribution < -0.4 is 0 Å². The normalized spacial score (nSPS) is 11.9. The van der Waals surface area contributed by atoms with Crippen LogP contribution in [0.2, 0.25) is 0 Å². The van der Waals surface area contributed by atoms with Gasteiger partial charge in [-0.15, -0.1) is 22.7 Å². The van der Waals surface area contributed by atoms with Crippen molar-refractivity contribution < 1.29 is 4.42 Å². The van der Waals surface area contributed by atoms with Gasteiger partial charge in [-0.3, -0.25) is 0 Å². The van der Waals surface area contributed by atoms with E-state index < -0.39 is 0 Å². The van der Waals surface area contributed by atoms with E-state index in [1.807, 2.05) is 41.7 Å². The molecule has 7 aromatic carbocycles. The molecule has 0 bridgehead atoms. The van der Waals surface area contributed by atoms with Crippen LogP contribution >= 0.6 is 22.7 Å². The second-order valence-corrected chi connectivity index (χ2v) is 14.9. The van der Waals surface area contributed by atoms with E-state index in [1.165, 1.54) is 45.9 Å². The van der Waals surface area contributed by atoms with Gasteiger partial charge in [0.05, 0.1) is 0 Å². The van der Waals surface area contributed by atoms with Gasteiger partial charge in [0.25, 0.3) is 0 Å². The summed E-state index contributed by atoms with van der Waals surface area (Å²) in [7, 11) is 0. The van der Waals surface area contributed by atoms with Crippen molar-refractivity contribution in [1.29, 1.82) is 0 Å². The van der Waals surface area contributed by atoms with Crippen molar-refractivity contribution in [2.24, 2.45) is 0 Å². The Labute approximate surface area is 299 Å². The monoisotopic (exact) mass is 687 g/mol. The highest BCUT2D eigenvalue weighted by Gasteiger charge is 2.18. The Morgan fingerprint density at radius 3 is 1.78 bits per heavy atom. The molecule has 0 N–H and O–H groups in total. The number of benzene rings is 7. The Morgan fingerprint density at radius 2 is 0.961 bits per heavy atom. The van der Waals surface area contributed by atoms with Gasteiger partial charge in [-0.2, -0.15) is 0 Å². The van der Waals surface area contributed by atoms with Crippen LogP contribution in [0.25, 0.3) is 108 Å². The van der Waals surface area contributed by atoms with Gasteiger partial charge in [-0.05, 0) is 53.6 Å². The molecule has 4 nitrogen and oxygen atoms in total. The molecule has 0 fully saturated rings. The molecule has 4 heterocycles. The van der Waals surface area contributed by atoms with Gasteiger partial charge in [0.1, 0.15) is 11.2 Å². The highest BCUT2D eigenvalue weighted by atomic mass is 32.1. The predicted octanol–water partition coefficient (Wildman–Crippen LogP) is 13.2. The maximum absolute atomic E-state index is 6.61. The summed E-state index contributed by atoms with van der Waals surface area (Å²) in [6.07, 6.45) is 0. The lowest BCUT2D eigenvalue weighted by Crippen LogP contribution is -2.00. The van der Waals surface area contributed by atoms with Crippen molar-refractivity contribution in [3.05, 3.63) is 152 Å². The van der Waals surface area contributed by atoms with E-state index >= 15 is 0 Å². The standard InChI is InChI=1S/C45H25N3OS2/c1-2-10-26(11-3-1)43-46-44(48-45(47-43)35-16-9-19-40-41(35)34-13-5-7-18-39(34)50-40)28-21-23-31-30-22-20-27(24-36(30)49-37(31)25-28)29-14-8-15-33-32-12-4-6-17-38(32)51-42(29)33/h1-25H. The first-order valence-corrected chi connectivity index (χ1v) is 18.5. The van der Waals surface area contributed by atoms with Gasteiger partial charge < -0.3 is 4.42 Å². The van der Waals surface area contributed by atoms with Crippen LogP contribution in [-0.4, -0.2) is 15.0 Å². The van der Waals surface area contributed by atoms with Crippen LogP contribution in [0.15, 0.2) is 156 Å². The molecule has 51 heavy (non-hydrogen) atoms. The maximum atomic E-state index is 6.61. The molecule has 0 saturated carbocycles. The Balaban J connectivity index is 1.07. The summed E-state index contributed by atoms with van der Waals surface area (Å²) in [5.41, 5.74) is 6.83. The predicted molar refractivity (Wildman–Crippen MR) is 215 cm³/mol. The molecular formula is C45H25N3OS2. The first kappa shape index (κ1) is 28.6. The summed E-state index contributed by atoms with van der Waals surface area (Å²) in [4.78, 5) is 15.2. The minimum atomic E-state index is 0.606. The van der Waals surface area contributed by atoms with Crippen LogP contribution in [0.1, 0.15) is 0 Å². The number of nitrogens with zero attached hydrogens (tertiary/aromatic N) is 3. The van der Waals surface area contributed by atoms with Crippen LogP contribution in [0.4, 0.5) is 0 Å². The van der Waals surface area contributed by atoms with E-state index in [9.17, 15) is 0 Å². The van der Waals surface area contributed by atoms with E-state index in [2.05, 4.69) is 121 Å². The fraction of sp³-hybridized carbons (Fsp3) is 0. The summed E-state index contributed by atoms with van der Waals surface area (Å²) < 4.78 is 11.7. The zero-order chi connectivity index (χ0) is 33.5. The van der Waals surface area contributed by atoms with Crippen molar-refractivity contribution in [3.8, 4) is 45.3 Å². The second-order valence-electron chi connectivity index (χ2n) is 12.8. The molecule has 0 unspecified atom stereocenters. The summed E-state index contributed by atoms with van der Waals surface area (Å²) in [6, 6.07) is 53.1. The fourth-order valence-electron chi connectivity index (χ4n) is 7.36. The molecule has 6 heteroatoms. The number of hydrogen-bond donors (Lipinski definition) is 0. The average Bonchev–Trinajstić information content (AvgIpc) is 3.88. The third-order valence-corrected chi connectivity index (χ3v) is 12.1. The highest BCUT2D eigenvalue weighted by Crippen LogP contribution is 2.42. The highest BCUT2D eigenvalue weighted by molar-refractivity contribution is 7.26. The number of aromatic nitrogens is 3. The number of rotatable bonds is 4. The molecule has 238 valence electrons. The number of hydrogen-bond acceptors (Lipinski definition) is 6. The van der Waals surface area contributed by atoms with Crippen molar-refractivity contribution in [2.75, 3.05) is 0 Å². The van der Waals surface area contributed by atoms with Crippen LogP contribution in [-0.2, 0) is 0 Å². The minimum Gasteiger partial charge on any atom is -0.456 e. The third kappa shape index (κ3) is 4.54. The lowest BCUT2D eigenvalue weighted by atomic mass is 10.0. The van der Waals surface area contributed by atoms with Crippen LogP contribution in [0.3, 0.4) is 0 Å². The molecule has 0 aliphatic carbocycles. The average molecular weight is 688 g/mol. The first-order chi connectivity index (χ1) is 25.2. The molecule has 0 aliphatic rings. The number of thiophene rings is 2. The van der Waals surface area contributed by atoms with Gasteiger partial charge in [0.15, 0.2) is 17.5 Å². The van der Waals surface area contributed by atoms with Gasteiger partial charge in [-0.1, -0.05) is 109 Å². The summed E-state index contributed by atoms with van der Waals surface area (Å²) in [5.74, 6) is 1.89. The van der Waals surface area contributed by atoms with Crippen LogP contribution in [0.5, 0.6) is 0 Å². The minimum absolute atomic E-state index is 0.606. The largest absolute Gasteiger partial charge is 0.456 e. The van der Waals surface area contributed by atoms with Crippen LogP contribution in [0, 0.1) is 0 Å². The summed E-state index contributed by atoms with van der Waals surface area (Å²) >= 11 is 3.64. The van der Waals surface area contributed by atoms with Gasteiger partial charge >= 0.3 is 0 Å². The van der Waals surface area contributed by atoms with E-state index in [0.717, 1.165) is 44.2 Å². The molecule has 0 radical (unpaired) electrons. The van der Waals surface area contributed by atoms with E-state index in [-0.39, 0.29) is 0 Å². The topological polar surface area (TPSA) is 51.8 Å². The molecule has 4 aromatic heterocycles. The molecule has 0 atom stereocenters. The van der Waals surface area contributed by atoms with Gasteiger partial charge in [-0.25, -0.2) is 15.0 Å². The Bertz CT molecular complexity index is 3160. The second kappa shape index (κ2) is 11.2. The van der Waals surface area contributed by atoms with E-state index in [0.29, 0.717) is 17.5 Å².